The maximum absolute atomic E-state index is 10.8. The number of hydrogen-bond donors (Lipinski definition) is 1. The maximum Gasteiger partial charge on any atom is 0.384 e. The third kappa shape index (κ3) is 3.15. The molecule has 0 fully saturated rings. The highest BCUT2D eigenvalue weighted by Gasteiger charge is 1.93. The van der Waals surface area contributed by atoms with Crippen LogP contribution in [0.3, 0.4) is 0 Å². The molecule has 0 spiro atoms. The second-order valence-electron chi connectivity index (χ2n) is 2.41. The predicted molar refractivity (Wildman–Crippen MR) is 50.6 cm³/mol. The number of rotatable bonds is 1. The number of nitrogens with one attached hydrogen (secondary N) is 1. The van der Waals surface area contributed by atoms with Crippen LogP contribution in [-0.4, -0.2) is 17.6 Å². The van der Waals surface area contributed by atoms with E-state index in [1.54, 1.807) is 13.0 Å². The number of carbonyl (C=O) groups is 1. The fourth-order valence-electron chi connectivity index (χ4n) is 0.813. The van der Waals surface area contributed by atoms with E-state index in [-0.39, 0.29) is 5.56 Å². The Hall–Kier alpha value is -2.02. The van der Waals surface area contributed by atoms with Crippen LogP contribution >= 0.6 is 0 Å². The summed E-state index contributed by atoms with van der Waals surface area (Å²) in [7, 11) is 0. The van der Waals surface area contributed by atoms with E-state index in [2.05, 4.69) is 21.6 Å². The molecule has 0 radical (unpaired) electrons. The van der Waals surface area contributed by atoms with Crippen molar-refractivity contribution in [3.63, 3.8) is 0 Å². The zero-order chi connectivity index (χ0) is 10.4. The van der Waals surface area contributed by atoms with E-state index in [1.807, 2.05) is 0 Å². The van der Waals surface area contributed by atoms with Crippen LogP contribution in [0.25, 0.3) is 0 Å². The van der Waals surface area contributed by atoms with Gasteiger partial charge in [0.2, 0.25) is 5.56 Å². The van der Waals surface area contributed by atoms with Gasteiger partial charge in [0.15, 0.2) is 0 Å². The number of hydrogen-bond acceptors (Lipinski definition) is 3. The Bertz CT molecular complexity index is 436. The van der Waals surface area contributed by atoms with Crippen molar-refractivity contribution in [3.8, 4) is 11.8 Å². The van der Waals surface area contributed by atoms with Crippen molar-refractivity contribution in [3.05, 3.63) is 34.2 Å². The minimum atomic E-state index is -0.590. The molecule has 14 heavy (non-hydrogen) atoms. The summed E-state index contributed by atoms with van der Waals surface area (Å²) >= 11 is 0. The predicted octanol–water partition coefficient (Wildman–Crippen LogP) is 0.290. The van der Waals surface area contributed by atoms with Crippen LogP contribution in [0.4, 0.5) is 0 Å². The van der Waals surface area contributed by atoms with Gasteiger partial charge in [-0.2, -0.15) is 0 Å². The summed E-state index contributed by atoms with van der Waals surface area (Å²) in [5.41, 5.74) is 0.238. The van der Waals surface area contributed by atoms with Gasteiger partial charge in [0.25, 0.3) is 0 Å². The Balaban J connectivity index is 2.77. The average Bonchev–Trinajstić information content (AvgIpc) is 2.15. The summed E-state index contributed by atoms with van der Waals surface area (Å²) in [6.45, 7) is 2.00. The summed E-state index contributed by atoms with van der Waals surface area (Å²) in [5.74, 6) is 4.20. The number of ether oxygens (including phenoxy) is 1. The van der Waals surface area contributed by atoms with Crippen LogP contribution in [-0.2, 0) is 9.53 Å². The largest absolute Gasteiger partial charge is 0.456 e. The normalized spacial score (nSPS) is 8.64. The lowest BCUT2D eigenvalue weighted by molar-refractivity contribution is -0.136. The van der Waals surface area contributed by atoms with Crippen LogP contribution < -0.4 is 5.56 Å². The number of aromatic nitrogens is 1. The van der Waals surface area contributed by atoms with Gasteiger partial charge in [-0.05, 0) is 13.0 Å². The summed E-state index contributed by atoms with van der Waals surface area (Å²) < 4.78 is 4.60. The molecule has 0 aliphatic heterocycles. The van der Waals surface area contributed by atoms with E-state index in [4.69, 9.17) is 0 Å². The zero-order valence-electron chi connectivity index (χ0n) is 7.66. The lowest BCUT2D eigenvalue weighted by Crippen LogP contribution is -2.03. The molecule has 0 amide bonds. The molecule has 0 saturated heterocycles. The smallest absolute Gasteiger partial charge is 0.384 e. The molecule has 4 heteroatoms. The molecule has 0 bridgehead atoms. The van der Waals surface area contributed by atoms with Gasteiger partial charge < -0.3 is 9.72 Å². The number of esters is 1. The first-order valence-corrected chi connectivity index (χ1v) is 4.10. The highest BCUT2D eigenvalue weighted by atomic mass is 16.5. The molecule has 1 heterocycles. The lowest BCUT2D eigenvalue weighted by Gasteiger charge is -1.91. The van der Waals surface area contributed by atoms with E-state index >= 15 is 0 Å². The highest BCUT2D eigenvalue weighted by molar-refractivity contribution is 5.89. The van der Waals surface area contributed by atoms with Crippen molar-refractivity contribution in [2.45, 2.75) is 6.92 Å². The number of pyridine rings is 1. The molecule has 0 atom stereocenters. The van der Waals surface area contributed by atoms with Gasteiger partial charge in [0, 0.05) is 23.7 Å². The summed E-state index contributed by atoms with van der Waals surface area (Å²) in [6, 6.07) is 2.92. The zero-order valence-corrected chi connectivity index (χ0v) is 7.66. The van der Waals surface area contributed by atoms with Crippen molar-refractivity contribution in [2.24, 2.45) is 0 Å². The molecule has 0 aliphatic carbocycles. The first kappa shape index (κ1) is 10.1. The number of aromatic amines is 1. The van der Waals surface area contributed by atoms with Gasteiger partial charge in [0.1, 0.15) is 0 Å². The molecular weight excluding hydrogens is 182 g/mol. The van der Waals surface area contributed by atoms with Gasteiger partial charge in [-0.1, -0.05) is 5.92 Å². The summed E-state index contributed by atoms with van der Waals surface area (Å²) in [5, 5.41) is 0. The van der Waals surface area contributed by atoms with Crippen LogP contribution in [0.1, 0.15) is 12.5 Å². The molecule has 0 unspecified atom stereocenters. The molecule has 0 aromatic carbocycles. The van der Waals surface area contributed by atoms with Crippen molar-refractivity contribution in [1.82, 2.24) is 4.98 Å². The van der Waals surface area contributed by atoms with E-state index < -0.39 is 5.97 Å². The quantitative estimate of drug-likeness (QED) is 0.512. The second-order valence-corrected chi connectivity index (χ2v) is 2.41. The van der Waals surface area contributed by atoms with Crippen LogP contribution in [0.15, 0.2) is 23.1 Å². The Labute approximate surface area is 80.9 Å². The standard InChI is InChI=1S/C10H9NO3/c1-2-14-10(13)4-3-8-5-6-11-9(12)7-8/h5-7H,2H2,1H3,(H,11,12). The fourth-order valence-corrected chi connectivity index (χ4v) is 0.813. The SMILES string of the molecule is CCOC(=O)C#Cc1cc[nH]c(=O)c1. The minimum Gasteiger partial charge on any atom is -0.456 e. The third-order valence-electron chi connectivity index (χ3n) is 1.36. The first-order chi connectivity index (χ1) is 6.72. The molecular formula is C10H9NO3. The van der Waals surface area contributed by atoms with Crippen molar-refractivity contribution in [2.75, 3.05) is 6.61 Å². The highest BCUT2D eigenvalue weighted by Crippen LogP contribution is 1.88. The molecule has 1 aromatic rings. The lowest BCUT2D eigenvalue weighted by atomic mass is 10.3. The second kappa shape index (κ2) is 4.87. The van der Waals surface area contributed by atoms with Crippen molar-refractivity contribution >= 4 is 5.97 Å². The van der Waals surface area contributed by atoms with Gasteiger partial charge in [0.05, 0.1) is 6.61 Å². The topological polar surface area (TPSA) is 59.2 Å². The molecule has 4 nitrogen and oxygen atoms in total. The van der Waals surface area contributed by atoms with E-state index in [1.165, 1.54) is 12.3 Å². The summed E-state index contributed by atoms with van der Waals surface area (Å²) in [4.78, 5) is 24.1. The van der Waals surface area contributed by atoms with Gasteiger partial charge >= 0.3 is 5.97 Å². The monoisotopic (exact) mass is 191 g/mol. The van der Waals surface area contributed by atoms with Crippen LogP contribution in [0.5, 0.6) is 0 Å². The van der Waals surface area contributed by atoms with Gasteiger partial charge in [-0.3, -0.25) is 4.79 Å². The van der Waals surface area contributed by atoms with Crippen molar-refractivity contribution in [1.29, 1.82) is 0 Å². The van der Waals surface area contributed by atoms with E-state index in [0.717, 1.165) is 0 Å². The average molecular weight is 191 g/mol. The molecule has 1 aromatic heterocycles. The number of carbonyl (C=O) groups excluding carboxylic acids is 1. The van der Waals surface area contributed by atoms with Gasteiger partial charge in [-0.25, -0.2) is 4.79 Å². The molecule has 72 valence electrons. The Kier molecular flexibility index (Phi) is 3.50. The summed E-state index contributed by atoms with van der Waals surface area (Å²) in [6.07, 6.45) is 1.47. The molecule has 1 N–H and O–H groups in total. The first-order valence-electron chi connectivity index (χ1n) is 4.10. The third-order valence-corrected chi connectivity index (χ3v) is 1.36. The molecule has 1 rings (SSSR count). The van der Waals surface area contributed by atoms with Crippen LogP contribution in [0.2, 0.25) is 0 Å². The number of H-pyrrole nitrogens is 1. The minimum absolute atomic E-state index is 0.249. The molecule has 0 saturated carbocycles. The molecule has 0 aliphatic rings. The fraction of sp³-hybridized carbons (Fsp3) is 0.200. The van der Waals surface area contributed by atoms with E-state index in [0.29, 0.717) is 12.2 Å². The van der Waals surface area contributed by atoms with Crippen LogP contribution in [0, 0.1) is 11.8 Å². The van der Waals surface area contributed by atoms with Gasteiger partial charge in [-0.15, -0.1) is 0 Å². The van der Waals surface area contributed by atoms with Crippen molar-refractivity contribution < 1.29 is 9.53 Å². The maximum atomic E-state index is 10.8. The Morgan fingerprint density at radius 2 is 2.43 bits per heavy atom. The van der Waals surface area contributed by atoms with E-state index in [9.17, 15) is 9.59 Å². The Morgan fingerprint density at radius 1 is 1.64 bits per heavy atom. The Morgan fingerprint density at radius 3 is 3.07 bits per heavy atom.